The molecule has 3 heterocycles. The number of thiazole rings is 2. The summed E-state index contributed by atoms with van der Waals surface area (Å²) in [6, 6.07) is 0. The van der Waals surface area contributed by atoms with Gasteiger partial charge < -0.3 is 4.74 Å². The molecule has 1 N–H and O–H groups in total. The van der Waals surface area contributed by atoms with Crippen molar-refractivity contribution < 1.29 is 14.3 Å². The van der Waals surface area contributed by atoms with E-state index in [1.54, 1.807) is 11.8 Å². The van der Waals surface area contributed by atoms with Crippen LogP contribution in [0.25, 0.3) is 0 Å². The Kier molecular flexibility index (Phi) is 5.69. The molecule has 0 radical (unpaired) electrons. The first-order valence-corrected chi connectivity index (χ1v) is 10.1. The summed E-state index contributed by atoms with van der Waals surface area (Å²) < 4.78 is 5.63. The summed E-state index contributed by atoms with van der Waals surface area (Å²) >= 11 is 2.66. The van der Waals surface area contributed by atoms with Crippen molar-refractivity contribution in [2.75, 3.05) is 23.4 Å². The van der Waals surface area contributed by atoms with Crippen LogP contribution in [-0.4, -0.2) is 41.0 Å². The quantitative estimate of drug-likeness (QED) is 0.841. The van der Waals surface area contributed by atoms with E-state index in [1.807, 2.05) is 13.8 Å². The van der Waals surface area contributed by atoms with E-state index in [0.717, 1.165) is 30.0 Å². The first-order valence-electron chi connectivity index (χ1n) is 8.47. The fourth-order valence-electron chi connectivity index (χ4n) is 2.72. The van der Waals surface area contributed by atoms with E-state index < -0.39 is 0 Å². The monoisotopic (exact) mass is 394 g/mol. The van der Waals surface area contributed by atoms with Crippen LogP contribution in [0.15, 0.2) is 0 Å². The van der Waals surface area contributed by atoms with Gasteiger partial charge in [-0.2, -0.15) is 0 Å². The Balaban J connectivity index is 1.77. The predicted octanol–water partition coefficient (Wildman–Crippen LogP) is 3.31. The topological polar surface area (TPSA) is 84.4 Å². The number of amides is 2. The number of aryl methyl sites for hydroxylation is 3. The number of rotatable bonds is 5. The van der Waals surface area contributed by atoms with Crippen molar-refractivity contribution in [3.8, 4) is 0 Å². The number of nitrogens with zero attached hydrogens (tertiary/aromatic N) is 3. The van der Waals surface area contributed by atoms with Gasteiger partial charge in [0.25, 0.3) is 5.91 Å². The number of hydrogen-bond donors (Lipinski definition) is 1. The van der Waals surface area contributed by atoms with Crippen molar-refractivity contribution in [3.63, 3.8) is 0 Å². The normalized spacial score (nSPS) is 16.7. The molecule has 1 aliphatic rings. The molecule has 26 heavy (non-hydrogen) atoms. The molecule has 0 aliphatic carbocycles. The molecule has 140 valence electrons. The minimum atomic E-state index is -0.249. The van der Waals surface area contributed by atoms with Gasteiger partial charge in [0.05, 0.1) is 24.0 Å². The fourth-order valence-corrected chi connectivity index (χ4v) is 4.55. The number of nitrogens with one attached hydrogen (secondary N) is 1. The van der Waals surface area contributed by atoms with Gasteiger partial charge in [-0.15, -0.1) is 11.3 Å². The number of ether oxygens (including phenoxy) is 1. The highest BCUT2D eigenvalue weighted by atomic mass is 32.1. The van der Waals surface area contributed by atoms with E-state index in [4.69, 9.17) is 4.74 Å². The fraction of sp³-hybridized carbons (Fsp3) is 0.529. The lowest BCUT2D eigenvalue weighted by Gasteiger charge is -2.21. The van der Waals surface area contributed by atoms with Crippen LogP contribution in [0.4, 0.5) is 10.3 Å². The van der Waals surface area contributed by atoms with E-state index >= 15 is 0 Å². The maximum absolute atomic E-state index is 12.6. The predicted molar refractivity (Wildman–Crippen MR) is 103 cm³/mol. The maximum Gasteiger partial charge on any atom is 0.269 e. The molecule has 2 aromatic heterocycles. The minimum Gasteiger partial charge on any atom is -0.376 e. The molecule has 0 spiro atoms. The van der Waals surface area contributed by atoms with Gasteiger partial charge in [-0.05, 0) is 33.6 Å². The van der Waals surface area contributed by atoms with E-state index in [-0.39, 0.29) is 17.9 Å². The van der Waals surface area contributed by atoms with Gasteiger partial charge in [0.1, 0.15) is 4.88 Å². The molecule has 0 aromatic carbocycles. The Morgan fingerprint density at radius 2 is 2.00 bits per heavy atom. The van der Waals surface area contributed by atoms with Crippen LogP contribution in [0.2, 0.25) is 0 Å². The van der Waals surface area contributed by atoms with Crippen LogP contribution in [0.1, 0.15) is 45.7 Å². The van der Waals surface area contributed by atoms with Crippen molar-refractivity contribution in [1.29, 1.82) is 0 Å². The molecule has 1 fully saturated rings. The molecule has 0 bridgehead atoms. The molecule has 9 heteroatoms. The van der Waals surface area contributed by atoms with E-state index in [2.05, 4.69) is 15.3 Å². The lowest BCUT2D eigenvalue weighted by Crippen LogP contribution is -2.35. The van der Waals surface area contributed by atoms with Crippen LogP contribution in [-0.2, 0) is 9.53 Å². The van der Waals surface area contributed by atoms with Gasteiger partial charge in [-0.3, -0.25) is 19.8 Å². The summed E-state index contributed by atoms with van der Waals surface area (Å²) in [5, 5.41) is 3.93. The van der Waals surface area contributed by atoms with E-state index in [1.165, 1.54) is 29.6 Å². The van der Waals surface area contributed by atoms with Crippen LogP contribution < -0.4 is 10.2 Å². The van der Waals surface area contributed by atoms with Gasteiger partial charge in [-0.25, -0.2) is 9.97 Å². The van der Waals surface area contributed by atoms with E-state index in [0.29, 0.717) is 27.4 Å². The third-order valence-electron chi connectivity index (χ3n) is 4.26. The summed E-state index contributed by atoms with van der Waals surface area (Å²) in [5.74, 6) is -0.354. The van der Waals surface area contributed by atoms with Gasteiger partial charge in [-0.1, -0.05) is 11.3 Å². The molecule has 2 amide bonds. The second-order valence-electron chi connectivity index (χ2n) is 6.29. The molecule has 1 atom stereocenters. The highest BCUT2D eigenvalue weighted by molar-refractivity contribution is 7.18. The second-order valence-corrected chi connectivity index (χ2v) is 8.47. The zero-order valence-corrected chi connectivity index (χ0v) is 16.9. The maximum atomic E-state index is 12.6. The van der Waals surface area contributed by atoms with Crippen molar-refractivity contribution >= 4 is 44.8 Å². The van der Waals surface area contributed by atoms with Crippen molar-refractivity contribution in [2.24, 2.45) is 0 Å². The van der Waals surface area contributed by atoms with Crippen molar-refractivity contribution in [3.05, 3.63) is 21.1 Å². The Morgan fingerprint density at radius 3 is 2.58 bits per heavy atom. The molecular weight excluding hydrogens is 372 g/mol. The molecule has 1 unspecified atom stereocenters. The average Bonchev–Trinajstić information content (AvgIpc) is 3.27. The number of aromatic nitrogens is 2. The summed E-state index contributed by atoms with van der Waals surface area (Å²) in [7, 11) is 0. The minimum absolute atomic E-state index is 0.0293. The Hall–Kier alpha value is -1.84. The van der Waals surface area contributed by atoms with Crippen LogP contribution >= 0.6 is 22.7 Å². The number of carbonyl (C=O) groups excluding carboxylic acids is 2. The van der Waals surface area contributed by atoms with Crippen LogP contribution in [0.5, 0.6) is 0 Å². The molecule has 1 aliphatic heterocycles. The standard InChI is InChI=1S/C17H22N4O3S2/c1-9-11(3)25-16(18-9)20-15(23)14-10(2)19-17(26-14)21(12(4)22)8-13-6-5-7-24-13/h13H,5-8H2,1-4H3,(H,18,20,23). The first-order chi connectivity index (χ1) is 12.3. The van der Waals surface area contributed by atoms with Gasteiger partial charge in [0.2, 0.25) is 5.91 Å². The number of hydrogen-bond acceptors (Lipinski definition) is 7. The van der Waals surface area contributed by atoms with Crippen molar-refractivity contribution in [2.45, 2.75) is 46.6 Å². The zero-order valence-electron chi connectivity index (χ0n) is 15.3. The SMILES string of the molecule is CC(=O)N(CC1CCCO1)c1nc(C)c(C(=O)Nc2nc(C)c(C)s2)s1. The van der Waals surface area contributed by atoms with Crippen LogP contribution in [0, 0.1) is 20.8 Å². The third kappa shape index (κ3) is 4.11. The van der Waals surface area contributed by atoms with E-state index in [9.17, 15) is 9.59 Å². The Morgan fingerprint density at radius 1 is 1.23 bits per heavy atom. The van der Waals surface area contributed by atoms with Gasteiger partial charge in [0.15, 0.2) is 10.3 Å². The van der Waals surface area contributed by atoms with Gasteiger partial charge >= 0.3 is 0 Å². The highest BCUT2D eigenvalue weighted by Gasteiger charge is 2.26. The number of carbonyl (C=O) groups is 2. The average molecular weight is 395 g/mol. The zero-order chi connectivity index (χ0) is 18.8. The molecule has 2 aromatic rings. The van der Waals surface area contributed by atoms with Crippen molar-refractivity contribution in [1.82, 2.24) is 9.97 Å². The highest BCUT2D eigenvalue weighted by Crippen LogP contribution is 2.29. The first kappa shape index (κ1) is 18.9. The van der Waals surface area contributed by atoms with Crippen LogP contribution in [0.3, 0.4) is 0 Å². The second kappa shape index (κ2) is 7.81. The van der Waals surface area contributed by atoms with Gasteiger partial charge in [0, 0.05) is 18.4 Å². The largest absolute Gasteiger partial charge is 0.376 e. The lowest BCUT2D eigenvalue weighted by molar-refractivity contribution is -0.116. The molecular formula is C17H22N4O3S2. The molecule has 1 saturated heterocycles. The summed E-state index contributed by atoms with van der Waals surface area (Å²) in [6.07, 6.45) is 1.97. The molecule has 0 saturated carbocycles. The molecule has 3 rings (SSSR count). The molecule has 7 nitrogen and oxygen atoms in total. The summed E-state index contributed by atoms with van der Waals surface area (Å²) in [4.78, 5) is 36.6. The summed E-state index contributed by atoms with van der Waals surface area (Å²) in [5.41, 5.74) is 1.51. The Labute approximate surface area is 160 Å². The lowest BCUT2D eigenvalue weighted by atomic mass is 10.2. The smallest absolute Gasteiger partial charge is 0.269 e. The Bertz CT molecular complexity index is 805. The number of anilines is 2. The summed E-state index contributed by atoms with van der Waals surface area (Å²) in [6.45, 7) is 8.36. The third-order valence-corrected chi connectivity index (χ3v) is 6.43.